The molecule has 146 valence electrons. The van der Waals surface area contributed by atoms with Gasteiger partial charge in [0.2, 0.25) is 6.79 Å². The number of benzene rings is 2. The lowest BCUT2D eigenvalue weighted by Gasteiger charge is -2.12. The SMILES string of the molecule is O=C(COC(=O)c1ccccc1SC[C@@H]1CCCO1)c1ccc2c(c1)OCO2. The standard InChI is InChI=1S/C21H20O6S/c22-17(14-7-8-18-19(10-14)27-13-26-18)11-25-21(23)16-5-1-2-6-20(16)28-12-15-4-3-9-24-15/h1-2,5-8,10,15H,3-4,9,11-13H2/t15-/m0/s1. The molecule has 6 nitrogen and oxygen atoms in total. The quantitative estimate of drug-likeness (QED) is 0.398. The molecule has 0 spiro atoms. The van der Waals surface area contributed by atoms with E-state index in [0.29, 0.717) is 22.6 Å². The van der Waals surface area contributed by atoms with E-state index in [4.69, 9.17) is 18.9 Å². The Morgan fingerprint density at radius 1 is 1.11 bits per heavy atom. The second-order valence-corrected chi connectivity index (χ2v) is 7.57. The van der Waals surface area contributed by atoms with Gasteiger partial charge in [-0.05, 0) is 43.2 Å². The highest BCUT2D eigenvalue weighted by atomic mass is 32.2. The summed E-state index contributed by atoms with van der Waals surface area (Å²) in [5, 5.41) is 0. The van der Waals surface area contributed by atoms with Crippen molar-refractivity contribution >= 4 is 23.5 Å². The number of ketones is 1. The van der Waals surface area contributed by atoms with Crippen LogP contribution in [0.3, 0.4) is 0 Å². The van der Waals surface area contributed by atoms with Gasteiger partial charge in [0, 0.05) is 22.8 Å². The molecule has 2 heterocycles. The second kappa shape index (κ2) is 8.67. The summed E-state index contributed by atoms with van der Waals surface area (Å²) in [6.07, 6.45) is 2.35. The average Bonchev–Trinajstić information content (AvgIpc) is 3.41. The van der Waals surface area contributed by atoms with Gasteiger partial charge in [0.05, 0.1) is 11.7 Å². The van der Waals surface area contributed by atoms with Crippen molar-refractivity contribution < 1.29 is 28.5 Å². The zero-order chi connectivity index (χ0) is 19.3. The fourth-order valence-corrected chi connectivity index (χ4v) is 4.19. The molecule has 4 rings (SSSR count). The van der Waals surface area contributed by atoms with Crippen LogP contribution in [0.4, 0.5) is 0 Å². The first-order chi connectivity index (χ1) is 13.7. The highest BCUT2D eigenvalue weighted by Crippen LogP contribution is 2.32. The Hall–Kier alpha value is -2.51. The van der Waals surface area contributed by atoms with Crippen LogP contribution in [0.15, 0.2) is 47.4 Å². The van der Waals surface area contributed by atoms with Crippen molar-refractivity contribution in [1.29, 1.82) is 0 Å². The van der Waals surface area contributed by atoms with Gasteiger partial charge in [0.1, 0.15) is 0 Å². The van der Waals surface area contributed by atoms with E-state index in [1.54, 1.807) is 42.1 Å². The minimum Gasteiger partial charge on any atom is -0.454 e. The first kappa shape index (κ1) is 18.8. The number of ether oxygens (including phenoxy) is 4. The topological polar surface area (TPSA) is 71.1 Å². The zero-order valence-corrected chi connectivity index (χ0v) is 16.0. The van der Waals surface area contributed by atoms with E-state index in [0.717, 1.165) is 30.1 Å². The predicted molar refractivity (Wildman–Crippen MR) is 103 cm³/mol. The molecule has 0 N–H and O–H groups in total. The molecular weight excluding hydrogens is 380 g/mol. The number of fused-ring (bicyclic) bond motifs is 1. The maximum Gasteiger partial charge on any atom is 0.339 e. The van der Waals surface area contributed by atoms with Crippen molar-refractivity contribution in [2.45, 2.75) is 23.8 Å². The van der Waals surface area contributed by atoms with Gasteiger partial charge in [-0.3, -0.25) is 4.79 Å². The summed E-state index contributed by atoms with van der Waals surface area (Å²) in [7, 11) is 0. The van der Waals surface area contributed by atoms with Crippen molar-refractivity contribution in [3.63, 3.8) is 0 Å². The van der Waals surface area contributed by atoms with Gasteiger partial charge >= 0.3 is 5.97 Å². The van der Waals surface area contributed by atoms with Gasteiger partial charge in [-0.25, -0.2) is 4.79 Å². The summed E-state index contributed by atoms with van der Waals surface area (Å²) >= 11 is 1.58. The molecule has 7 heteroatoms. The molecule has 2 aromatic carbocycles. The van der Waals surface area contributed by atoms with Gasteiger partial charge in [0.25, 0.3) is 0 Å². The fraction of sp³-hybridized carbons (Fsp3) is 0.333. The van der Waals surface area contributed by atoms with Crippen molar-refractivity contribution in [3.8, 4) is 11.5 Å². The molecule has 0 saturated carbocycles. The number of Topliss-reactive ketones (excluding diaryl/α,β-unsaturated/α-hetero) is 1. The average molecular weight is 400 g/mol. The Bertz CT molecular complexity index is 875. The number of carbonyl (C=O) groups is 2. The van der Waals surface area contributed by atoms with Gasteiger partial charge in [0.15, 0.2) is 23.9 Å². The number of rotatable bonds is 7. The number of carbonyl (C=O) groups excluding carboxylic acids is 2. The molecule has 0 amide bonds. The largest absolute Gasteiger partial charge is 0.454 e. The lowest BCUT2D eigenvalue weighted by molar-refractivity contribution is 0.0471. The molecule has 28 heavy (non-hydrogen) atoms. The number of thioether (sulfide) groups is 1. The Labute approximate surface area is 167 Å². The Kier molecular flexibility index (Phi) is 5.83. The van der Waals surface area contributed by atoms with Gasteiger partial charge in [-0.15, -0.1) is 11.8 Å². The molecule has 2 aliphatic rings. The van der Waals surface area contributed by atoms with Crippen LogP contribution in [0.2, 0.25) is 0 Å². The predicted octanol–water partition coefficient (Wildman–Crippen LogP) is 3.73. The van der Waals surface area contributed by atoms with E-state index in [1.165, 1.54) is 0 Å². The fourth-order valence-electron chi connectivity index (χ4n) is 3.08. The molecule has 1 atom stereocenters. The molecule has 1 fully saturated rings. The second-order valence-electron chi connectivity index (χ2n) is 6.51. The molecule has 0 radical (unpaired) electrons. The first-order valence-electron chi connectivity index (χ1n) is 9.14. The van der Waals surface area contributed by atoms with E-state index in [2.05, 4.69) is 0 Å². The van der Waals surface area contributed by atoms with E-state index in [1.807, 2.05) is 12.1 Å². The summed E-state index contributed by atoms with van der Waals surface area (Å²) in [6.45, 7) is 0.614. The van der Waals surface area contributed by atoms with Crippen LogP contribution in [0, 0.1) is 0 Å². The summed E-state index contributed by atoms with van der Waals surface area (Å²) in [6, 6.07) is 12.2. The van der Waals surface area contributed by atoms with Crippen LogP contribution < -0.4 is 9.47 Å². The molecule has 0 bridgehead atoms. The summed E-state index contributed by atoms with van der Waals surface area (Å²) in [5.41, 5.74) is 0.877. The van der Waals surface area contributed by atoms with Gasteiger partial charge < -0.3 is 18.9 Å². The van der Waals surface area contributed by atoms with Crippen LogP contribution in [-0.2, 0) is 9.47 Å². The Balaban J connectivity index is 1.36. The minimum atomic E-state index is -0.510. The van der Waals surface area contributed by atoms with Crippen molar-refractivity contribution in [3.05, 3.63) is 53.6 Å². The monoisotopic (exact) mass is 400 g/mol. The lowest BCUT2D eigenvalue weighted by Crippen LogP contribution is -2.15. The third-order valence-electron chi connectivity index (χ3n) is 4.58. The molecule has 2 aromatic rings. The maximum absolute atomic E-state index is 12.5. The lowest BCUT2D eigenvalue weighted by atomic mass is 10.1. The molecule has 0 aliphatic carbocycles. The molecule has 1 saturated heterocycles. The summed E-state index contributed by atoms with van der Waals surface area (Å²) in [4.78, 5) is 25.7. The van der Waals surface area contributed by atoms with Gasteiger partial charge in [-0.2, -0.15) is 0 Å². The molecule has 0 unspecified atom stereocenters. The van der Waals surface area contributed by atoms with E-state index >= 15 is 0 Å². The highest BCUT2D eigenvalue weighted by Gasteiger charge is 2.20. The van der Waals surface area contributed by atoms with Gasteiger partial charge in [-0.1, -0.05) is 12.1 Å². The Morgan fingerprint density at radius 2 is 1.96 bits per heavy atom. The van der Waals surface area contributed by atoms with Crippen molar-refractivity contribution in [1.82, 2.24) is 0 Å². The van der Waals surface area contributed by atoms with E-state index in [9.17, 15) is 9.59 Å². The van der Waals surface area contributed by atoms with Crippen molar-refractivity contribution in [2.24, 2.45) is 0 Å². The first-order valence-corrected chi connectivity index (χ1v) is 10.1. The van der Waals surface area contributed by atoms with Crippen LogP contribution in [-0.4, -0.2) is 43.6 Å². The van der Waals surface area contributed by atoms with E-state index in [-0.39, 0.29) is 25.3 Å². The Morgan fingerprint density at radius 3 is 2.82 bits per heavy atom. The van der Waals surface area contributed by atoms with Crippen LogP contribution in [0.25, 0.3) is 0 Å². The third-order valence-corrected chi connectivity index (χ3v) is 5.79. The number of esters is 1. The smallest absolute Gasteiger partial charge is 0.339 e. The number of hydrogen-bond donors (Lipinski definition) is 0. The zero-order valence-electron chi connectivity index (χ0n) is 15.2. The molecular formula is C21H20O6S. The molecule has 0 aromatic heterocycles. The van der Waals surface area contributed by atoms with E-state index < -0.39 is 5.97 Å². The summed E-state index contributed by atoms with van der Waals surface area (Å²) in [5.74, 6) is 1.11. The third kappa shape index (κ3) is 4.31. The van der Waals surface area contributed by atoms with Crippen molar-refractivity contribution in [2.75, 3.05) is 25.8 Å². The van der Waals surface area contributed by atoms with Crippen LogP contribution >= 0.6 is 11.8 Å². The maximum atomic E-state index is 12.5. The van der Waals surface area contributed by atoms with Crippen LogP contribution in [0.1, 0.15) is 33.6 Å². The van der Waals surface area contributed by atoms with Crippen LogP contribution in [0.5, 0.6) is 11.5 Å². The minimum absolute atomic E-state index is 0.141. The molecule has 2 aliphatic heterocycles. The normalized spacial score (nSPS) is 17.5. The highest BCUT2D eigenvalue weighted by molar-refractivity contribution is 7.99. The number of hydrogen-bond acceptors (Lipinski definition) is 7. The summed E-state index contributed by atoms with van der Waals surface area (Å²) < 4.78 is 21.4.